The van der Waals surface area contributed by atoms with Gasteiger partial charge < -0.3 is 10.1 Å². The normalized spacial score (nSPS) is 12.3. The van der Waals surface area contributed by atoms with Gasteiger partial charge in [0.2, 0.25) is 0 Å². The number of aryl methyl sites for hydroxylation is 2. The van der Waals surface area contributed by atoms with Crippen molar-refractivity contribution in [1.29, 1.82) is 0 Å². The van der Waals surface area contributed by atoms with Gasteiger partial charge in [-0.15, -0.1) is 0 Å². The van der Waals surface area contributed by atoms with Crippen LogP contribution in [0.3, 0.4) is 0 Å². The van der Waals surface area contributed by atoms with Gasteiger partial charge in [0.05, 0.1) is 10.5 Å². The summed E-state index contributed by atoms with van der Waals surface area (Å²) in [5.74, 6) is -1.36. The fourth-order valence-corrected chi connectivity index (χ4v) is 3.35. The van der Waals surface area contributed by atoms with Gasteiger partial charge in [-0.05, 0) is 44.0 Å². The maximum Gasteiger partial charge on any atom is 0.340 e. The van der Waals surface area contributed by atoms with Gasteiger partial charge in [0.1, 0.15) is 0 Å². The number of hydrogen-bond donors (Lipinski definition) is 1. The average Bonchev–Trinajstić information content (AvgIpc) is 2.57. The number of sulfone groups is 1. The van der Waals surface area contributed by atoms with E-state index in [4.69, 9.17) is 4.74 Å². The molecule has 2 rings (SSSR count). The molecule has 2 aromatic carbocycles. The van der Waals surface area contributed by atoms with Crippen LogP contribution < -0.4 is 5.32 Å². The zero-order valence-corrected chi connectivity index (χ0v) is 15.9. The Morgan fingerprint density at radius 1 is 1.00 bits per heavy atom. The molecule has 1 atom stereocenters. The van der Waals surface area contributed by atoms with Crippen molar-refractivity contribution in [1.82, 2.24) is 0 Å². The van der Waals surface area contributed by atoms with Gasteiger partial charge in [-0.3, -0.25) is 4.79 Å². The number of carbonyl (C=O) groups excluding carboxylic acids is 2. The first-order valence-electron chi connectivity index (χ1n) is 7.98. The molecule has 138 valence electrons. The lowest BCUT2D eigenvalue weighted by atomic mass is 10.1. The minimum Gasteiger partial charge on any atom is -0.449 e. The zero-order valence-electron chi connectivity index (χ0n) is 15.1. The molecule has 2 aromatic rings. The molecule has 0 radical (unpaired) electrons. The summed E-state index contributed by atoms with van der Waals surface area (Å²) in [6.45, 7) is 5.16. The summed E-state index contributed by atoms with van der Waals surface area (Å²) in [5, 5.41) is 2.75. The van der Waals surface area contributed by atoms with Crippen LogP contribution in [0.4, 0.5) is 5.69 Å². The van der Waals surface area contributed by atoms with Crippen LogP contribution >= 0.6 is 0 Å². The van der Waals surface area contributed by atoms with Gasteiger partial charge in [-0.2, -0.15) is 0 Å². The minimum atomic E-state index is -3.60. The summed E-state index contributed by atoms with van der Waals surface area (Å²) >= 11 is 0. The molecule has 0 saturated heterocycles. The largest absolute Gasteiger partial charge is 0.449 e. The Hall–Kier alpha value is -2.67. The lowest BCUT2D eigenvalue weighted by Gasteiger charge is -2.17. The van der Waals surface area contributed by atoms with Crippen molar-refractivity contribution >= 4 is 27.4 Å². The maximum absolute atomic E-state index is 12.4. The Kier molecular flexibility index (Phi) is 5.82. The second-order valence-electron chi connectivity index (χ2n) is 6.07. The number of nitrogens with one attached hydrogen (secondary N) is 1. The molecule has 0 aromatic heterocycles. The summed E-state index contributed by atoms with van der Waals surface area (Å²) in [7, 11) is -3.60. The molecule has 0 bridgehead atoms. The number of anilines is 1. The quantitative estimate of drug-likeness (QED) is 0.812. The van der Waals surface area contributed by atoms with Crippen LogP contribution in [0, 0.1) is 13.8 Å². The van der Waals surface area contributed by atoms with E-state index in [0.29, 0.717) is 5.69 Å². The molecule has 0 aliphatic carbocycles. The van der Waals surface area contributed by atoms with E-state index in [1.165, 1.54) is 31.2 Å². The smallest absolute Gasteiger partial charge is 0.340 e. The first kappa shape index (κ1) is 19.7. The second kappa shape index (κ2) is 7.70. The van der Waals surface area contributed by atoms with Crippen LogP contribution in [0.5, 0.6) is 0 Å². The van der Waals surface area contributed by atoms with Gasteiger partial charge in [-0.25, -0.2) is 13.2 Å². The number of esters is 1. The summed E-state index contributed by atoms with van der Waals surface area (Å²) in [6.07, 6.45) is -0.0786. The molecule has 0 aliphatic rings. The number of hydrogen-bond acceptors (Lipinski definition) is 5. The monoisotopic (exact) mass is 375 g/mol. The number of amides is 1. The molecule has 0 unspecified atom stereocenters. The molecule has 6 nitrogen and oxygen atoms in total. The number of rotatable bonds is 5. The fraction of sp³-hybridized carbons (Fsp3) is 0.263. The van der Waals surface area contributed by atoms with E-state index in [1.807, 2.05) is 32.0 Å². The predicted molar refractivity (Wildman–Crippen MR) is 99.0 cm³/mol. The van der Waals surface area contributed by atoms with Crippen molar-refractivity contribution in [3.8, 4) is 0 Å². The van der Waals surface area contributed by atoms with E-state index in [-0.39, 0.29) is 10.5 Å². The Morgan fingerprint density at radius 3 is 2.15 bits per heavy atom. The third-order valence-electron chi connectivity index (χ3n) is 3.89. The summed E-state index contributed by atoms with van der Waals surface area (Å²) in [6, 6.07) is 11.3. The summed E-state index contributed by atoms with van der Waals surface area (Å²) in [4.78, 5) is 24.6. The van der Waals surface area contributed by atoms with Crippen molar-refractivity contribution in [2.75, 3.05) is 11.6 Å². The molecule has 0 fully saturated rings. The predicted octanol–water partition coefficient (Wildman–Crippen LogP) is 2.89. The Bertz CT molecular complexity index is 930. The number of benzene rings is 2. The van der Waals surface area contributed by atoms with Crippen molar-refractivity contribution in [2.24, 2.45) is 0 Å². The van der Waals surface area contributed by atoms with Crippen LogP contribution in [-0.4, -0.2) is 32.7 Å². The lowest BCUT2D eigenvalue weighted by molar-refractivity contribution is -0.123. The lowest BCUT2D eigenvalue weighted by Crippen LogP contribution is -2.30. The van der Waals surface area contributed by atoms with Gasteiger partial charge in [0, 0.05) is 11.9 Å². The first-order chi connectivity index (χ1) is 12.1. The highest BCUT2D eigenvalue weighted by Gasteiger charge is 2.24. The number of para-hydroxylation sites is 1. The van der Waals surface area contributed by atoms with E-state index in [1.54, 1.807) is 0 Å². The topological polar surface area (TPSA) is 89.5 Å². The third-order valence-corrected chi connectivity index (χ3v) is 5.04. The van der Waals surface area contributed by atoms with Crippen molar-refractivity contribution in [3.63, 3.8) is 0 Å². The van der Waals surface area contributed by atoms with Crippen molar-refractivity contribution in [2.45, 2.75) is 31.8 Å². The minimum absolute atomic E-state index is 0.0956. The van der Waals surface area contributed by atoms with Crippen LogP contribution in [0.2, 0.25) is 0 Å². The highest BCUT2D eigenvalue weighted by Crippen LogP contribution is 2.21. The van der Waals surface area contributed by atoms with E-state index in [0.717, 1.165) is 17.4 Å². The molecule has 0 spiro atoms. The number of ether oxygens (including phenoxy) is 1. The Morgan fingerprint density at radius 2 is 1.58 bits per heavy atom. The van der Waals surface area contributed by atoms with Crippen molar-refractivity contribution < 1.29 is 22.7 Å². The highest BCUT2D eigenvalue weighted by molar-refractivity contribution is 7.90. The third kappa shape index (κ3) is 4.49. The van der Waals surface area contributed by atoms with Gasteiger partial charge in [0.15, 0.2) is 15.9 Å². The van der Waals surface area contributed by atoms with E-state index >= 15 is 0 Å². The number of carbonyl (C=O) groups is 2. The molecule has 7 heteroatoms. The SMILES string of the molecule is Cc1cccc(C)c1NC(=O)[C@@H](C)OC(=O)c1ccccc1S(C)(=O)=O. The van der Waals surface area contributed by atoms with Crippen LogP contribution in [0.15, 0.2) is 47.4 Å². The van der Waals surface area contributed by atoms with Gasteiger partial charge >= 0.3 is 5.97 Å². The second-order valence-corrected chi connectivity index (χ2v) is 8.06. The fourth-order valence-electron chi connectivity index (χ4n) is 2.47. The molecule has 0 saturated carbocycles. The van der Waals surface area contributed by atoms with Crippen LogP contribution in [-0.2, 0) is 19.4 Å². The molecular weight excluding hydrogens is 354 g/mol. The van der Waals surface area contributed by atoms with Gasteiger partial charge in [-0.1, -0.05) is 30.3 Å². The molecule has 1 N–H and O–H groups in total. The van der Waals surface area contributed by atoms with Crippen LogP contribution in [0.1, 0.15) is 28.4 Å². The summed E-state index contributed by atoms with van der Waals surface area (Å²) < 4.78 is 28.8. The van der Waals surface area contributed by atoms with E-state index in [9.17, 15) is 18.0 Å². The molecule has 0 aliphatic heterocycles. The Labute approximate surface area is 153 Å². The first-order valence-corrected chi connectivity index (χ1v) is 9.87. The average molecular weight is 375 g/mol. The van der Waals surface area contributed by atoms with E-state index in [2.05, 4.69) is 5.32 Å². The van der Waals surface area contributed by atoms with Gasteiger partial charge in [0.25, 0.3) is 5.91 Å². The van der Waals surface area contributed by atoms with E-state index < -0.39 is 27.8 Å². The highest BCUT2D eigenvalue weighted by atomic mass is 32.2. The van der Waals surface area contributed by atoms with Crippen molar-refractivity contribution in [3.05, 3.63) is 59.2 Å². The molecule has 1 amide bonds. The maximum atomic E-state index is 12.4. The summed E-state index contributed by atoms with van der Waals surface area (Å²) in [5.41, 5.74) is 2.34. The zero-order chi connectivity index (χ0) is 19.5. The Balaban J connectivity index is 2.16. The standard InChI is InChI=1S/C19H21NO5S/c1-12-8-7-9-13(2)17(12)20-18(21)14(3)25-19(22)15-10-5-6-11-16(15)26(4,23)24/h5-11,14H,1-4H3,(H,20,21)/t14-/m1/s1. The molecular formula is C19H21NO5S. The molecule has 0 heterocycles. The molecule has 26 heavy (non-hydrogen) atoms. The van der Waals surface area contributed by atoms with Crippen LogP contribution in [0.25, 0.3) is 0 Å².